The first-order valence-corrected chi connectivity index (χ1v) is 19.9. The van der Waals surface area contributed by atoms with Crippen molar-refractivity contribution in [1.29, 1.82) is 0 Å². The molecule has 6 aromatic rings. The minimum atomic E-state index is -4.44. The zero-order valence-electron chi connectivity index (χ0n) is 34.3. The monoisotopic (exact) mass is 848 g/mol. The molecule has 6 aromatic carbocycles. The molecule has 2 aliphatic rings. The number of carbonyl (C=O) groups excluding carboxylic acids is 2. The van der Waals surface area contributed by atoms with Crippen molar-refractivity contribution in [3.8, 4) is 23.0 Å². The third-order valence-electron chi connectivity index (χ3n) is 10.8. The van der Waals surface area contributed by atoms with E-state index in [1.165, 1.54) is 24.3 Å². The lowest BCUT2D eigenvalue weighted by molar-refractivity contribution is -0.138. The second-order valence-electron chi connectivity index (χ2n) is 15.6. The standard InChI is InChI=1S/C25H22F3NO2.C25H20F3NO2/c2*1-15-9-18-11-20(30)14-24(29-23(18)10-16(15)2)17-5-3-7-21(12-17)31-22-8-4-6-19(13-22)25(26,27)28/h3-10,12-13,24,29H,11,14H2,1-2H3;3-10,12-13H,11,14H2,1-2H3. The van der Waals surface area contributed by atoms with Gasteiger partial charge in [-0.25, -0.2) is 0 Å². The highest BCUT2D eigenvalue weighted by molar-refractivity contribution is 6.13. The van der Waals surface area contributed by atoms with E-state index in [1.54, 1.807) is 36.4 Å². The minimum Gasteiger partial charge on any atom is -0.457 e. The summed E-state index contributed by atoms with van der Waals surface area (Å²) >= 11 is 0. The van der Waals surface area contributed by atoms with E-state index in [1.807, 2.05) is 58.0 Å². The lowest BCUT2D eigenvalue weighted by Crippen LogP contribution is -2.13. The summed E-state index contributed by atoms with van der Waals surface area (Å²) in [5, 5.41) is 3.47. The number of alkyl halides is 6. The molecule has 1 unspecified atom stereocenters. The number of fused-ring (bicyclic) bond motifs is 2. The zero-order chi connectivity index (χ0) is 44.3. The van der Waals surface area contributed by atoms with Crippen LogP contribution in [0.1, 0.15) is 74.5 Å². The van der Waals surface area contributed by atoms with Crippen LogP contribution in [0.5, 0.6) is 23.0 Å². The molecular weight excluding hydrogens is 807 g/mol. The molecule has 0 bridgehead atoms. The van der Waals surface area contributed by atoms with Gasteiger partial charge in [-0.05, 0) is 139 Å². The Morgan fingerprint density at radius 2 is 1.05 bits per heavy atom. The molecule has 12 heteroatoms. The van der Waals surface area contributed by atoms with Crippen molar-refractivity contribution in [1.82, 2.24) is 0 Å². The molecule has 0 saturated heterocycles. The highest BCUT2D eigenvalue weighted by Gasteiger charge is 2.32. The van der Waals surface area contributed by atoms with Crippen LogP contribution in [0.25, 0.3) is 0 Å². The van der Waals surface area contributed by atoms with Gasteiger partial charge in [-0.2, -0.15) is 26.3 Å². The summed E-state index contributed by atoms with van der Waals surface area (Å²) in [4.78, 5) is 29.8. The van der Waals surface area contributed by atoms with E-state index in [4.69, 9.17) is 14.5 Å². The van der Waals surface area contributed by atoms with Crippen LogP contribution in [0.4, 0.5) is 37.7 Å². The molecule has 2 aliphatic heterocycles. The summed E-state index contributed by atoms with van der Waals surface area (Å²) in [6, 6.07) is 31.3. The Morgan fingerprint density at radius 1 is 0.548 bits per heavy atom. The number of ketones is 2. The SMILES string of the molecule is Cc1cc2c(cc1C)N=C(c1cccc(Oc3cccc(C(F)(F)F)c3)c1)CC(=O)C2.Cc1cc2c(cc1C)NC(c1cccc(Oc3cccc(C(F)(F)F)c3)c1)CC(=O)C2. The maximum absolute atomic E-state index is 13.0. The third-order valence-corrected chi connectivity index (χ3v) is 10.8. The van der Waals surface area contributed by atoms with E-state index < -0.39 is 23.5 Å². The number of Topliss-reactive ketones (excluding diaryl/α,β-unsaturated/α-hetero) is 2. The first-order valence-electron chi connectivity index (χ1n) is 19.9. The maximum atomic E-state index is 13.0. The number of aryl methyl sites for hydroxylation is 4. The maximum Gasteiger partial charge on any atom is 0.416 e. The fraction of sp³-hybridized carbons (Fsp3) is 0.220. The molecule has 6 nitrogen and oxygen atoms in total. The number of ether oxygens (including phenoxy) is 2. The van der Waals surface area contributed by atoms with Crippen LogP contribution in [0.2, 0.25) is 0 Å². The summed E-state index contributed by atoms with van der Waals surface area (Å²) in [6.07, 6.45) is -7.68. The molecule has 1 atom stereocenters. The van der Waals surface area contributed by atoms with Gasteiger partial charge in [0.1, 0.15) is 34.6 Å². The van der Waals surface area contributed by atoms with E-state index >= 15 is 0 Å². The topological polar surface area (TPSA) is 77.0 Å². The lowest BCUT2D eigenvalue weighted by Gasteiger charge is -2.20. The number of carbonyl (C=O) groups is 2. The molecule has 0 radical (unpaired) electrons. The normalized spacial score (nSPS) is 15.1. The van der Waals surface area contributed by atoms with Crippen molar-refractivity contribution in [2.45, 2.75) is 71.8 Å². The quantitative estimate of drug-likeness (QED) is 0.169. The highest BCUT2D eigenvalue weighted by Crippen LogP contribution is 2.37. The van der Waals surface area contributed by atoms with Crippen molar-refractivity contribution < 1.29 is 45.4 Å². The number of benzene rings is 6. The van der Waals surface area contributed by atoms with E-state index in [2.05, 4.69) is 11.4 Å². The van der Waals surface area contributed by atoms with E-state index in [9.17, 15) is 35.9 Å². The van der Waals surface area contributed by atoms with Crippen LogP contribution >= 0.6 is 0 Å². The first kappa shape index (κ1) is 43.4. The molecule has 0 aliphatic carbocycles. The number of rotatable bonds is 6. The van der Waals surface area contributed by atoms with Gasteiger partial charge in [0.25, 0.3) is 0 Å². The summed E-state index contributed by atoms with van der Waals surface area (Å²) < 4.78 is 89.1. The fourth-order valence-electron chi connectivity index (χ4n) is 7.31. The second-order valence-corrected chi connectivity index (χ2v) is 15.6. The molecule has 2 heterocycles. The van der Waals surface area contributed by atoms with Crippen molar-refractivity contribution in [2.75, 3.05) is 5.32 Å². The zero-order valence-corrected chi connectivity index (χ0v) is 34.3. The van der Waals surface area contributed by atoms with Gasteiger partial charge in [0, 0.05) is 36.9 Å². The number of nitrogens with zero attached hydrogens (tertiary/aromatic N) is 1. The van der Waals surface area contributed by atoms with Gasteiger partial charge in [0.2, 0.25) is 0 Å². The molecule has 0 saturated carbocycles. The Balaban J connectivity index is 0.000000186. The van der Waals surface area contributed by atoms with E-state index in [0.717, 1.165) is 74.6 Å². The van der Waals surface area contributed by atoms with Gasteiger partial charge in [-0.15, -0.1) is 0 Å². The predicted molar refractivity (Wildman–Crippen MR) is 227 cm³/mol. The van der Waals surface area contributed by atoms with Gasteiger partial charge >= 0.3 is 12.4 Å². The molecule has 318 valence electrons. The van der Waals surface area contributed by atoms with Crippen molar-refractivity contribution in [3.05, 3.63) is 177 Å². The average Bonchev–Trinajstić information content (AvgIpc) is 3.47. The third kappa shape index (κ3) is 10.6. The lowest BCUT2D eigenvalue weighted by atomic mass is 9.99. The summed E-state index contributed by atoms with van der Waals surface area (Å²) in [5.41, 5.74) is 8.68. The van der Waals surface area contributed by atoms with Crippen LogP contribution in [0.15, 0.2) is 126 Å². The second kappa shape index (κ2) is 17.7. The smallest absolute Gasteiger partial charge is 0.416 e. The average molecular weight is 849 g/mol. The Hall–Kier alpha value is -6.69. The number of anilines is 1. The molecule has 62 heavy (non-hydrogen) atoms. The number of nitrogens with one attached hydrogen (secondary N) is 1. The minimum absolute atomic E-state index is 0.0601. The molecular formula is C50H42F6N2O4. The molecule has 0 fully saturated rings. The number of hydrogen-bond acceptors (Lipinski definition) is 6. The first-order chi connectivity index (χ1) is 29.4. The van der Waals surface area contributed by atoms with E-state index in [-0.39, 0.29) is 35.5 Å². The number of aliphatic imine (C=N–C) groups is 1. The Kier molecular flexibility index (Phi) is 12.4. The van der Waals surface area contributed by atoms with Crippen molar-refractivity contribution in [3.63, 3.8) is 0 Å². The van der Waals surface area contributed by atoms with Crippen molar-refractivity contribution in [2.24, 2.45) is 4.99 Å². The Labute approximate surface area is 355 Å². The fourth-order valence-corrected chi connectivity index (χ4v) is 7.31. The largest absolute Gasteiger partial charge is 0.457 e. The van der Waals surface area contributed by atoms with Crippen LogP contribution in [-0.2, 0) is 34.8 Å². The summed E-state index contributed by atoms with van der Waals surface area (Å²) in [7, 11) is 0. The van der Waals surface area contributed by atoms with Gasteiger partial charge in [0.05, 0.1) is 28.6 Å². The molecule has 0 spiro atoms. The van der Waals surface area contributed by atoms with Crippen LogP contribution in [0.3, 0.4) is 0 Å². The van der Waals surface area contributed by atoms with Gasteiger partial charge < -0.3 is 14.8 Å². The van der Waals surface area contributed by atoms with Crippen LogP contribution < -0.4 is 14.8 Å². The Morgan fingerprint density at radius 3 is 1.66 bits per heavy atom. The van der Waals surface area contributed by atoms with E-state index in [0.29, 0.717) is 42.0 Å². The Bertz CT molecular complexity index is 2700. The van der Waals surface area contributed by atoms with Gasteiger partial charge in [-0.3, -0.25) is 14.6 Å². The van der Waals surface area contributed by atoms with Crippen molar-refractivity contribution >= 4 is 28.7 Å². The molecule has 0 aromatic heterocycles. The van der Waals surface area contributed by atoms with Crippen LogP contribution in [-0.4, -0.2) is 17.3 Å². The summed E-state index contributed by atoms with van der Waals surface area (Å²) in [6.45, 7) is 8.06. The molecule has 1 N–H and O–H groups in total. The molecule has 8 rings (SSSR count). The predicted octanol–water partition coefficient (Wildman–Crippen LogP) is 13.5. The van der Waals surface area contributed by atoms with Gasteiger partial charge in [-0.1, -0.05) is 48.5 Å². The molecule has 0 amide bonds. The number of halogens is 6. The highest BCUT2D eigenvalue weighted by atomic mass is 19.4. The van der Waals surface area contributed by atoms with Crippen LogP contribution in [0, 0.1) is 27.7 Å². The van der Waals surface area contributed by atoms with Gasteiger partial charge in [0.15, 0.2) is 0 Å². The number of hydrogen-bond donors (Lipinski definition) is 1. The summed E-state index contributed by atoms with van der Waals surface area (Å²) in [5.74, 6) is 1.16.